The van der Waals surface area contributed by atoms with Gasteiger partial charge in [0.2, 0.25) is 5.13 Å². The SMILES string of the molecule is COc1cnc(Cl)cc1-c1cnccc1C(=O)Nc1nnc(C2C[C@H]2c2ccc(C#N)cc2F)s1. The Bertz CT molecular complexity index is 1490. The van der Waals surface area contributed by atoms with E-state index in [0.29, 0.717) is 38.1 Å². The number of nitrogens with one attached hydrogen (secondary N) is 1. The molecule has 1 amide bonds. The lowest BCUT2D eigenvalue weighted by atomic mass is 10.0. The number of aromatic nitrogens is 4. The van der Waals surface area contributed by atoms with Gasteiger partial charge >= 0.3 is 0 Å². The van der Waals surface area contributed by atoms with Crippen molar-refractivity contribution >= 4 is 34.0 Å². The van der Waals surface area contributed by atoms with Gasteiger partial charge in [-0.05, 0) is 42.2 Å². The third-order valence-electron chi connectivity index (χ3n) is 5.71. The van der Waals surface area contributed by atoms with Crippen molar-refractivity contribution in [1.29, 1.82) is 5.26 Å². The summed E-state index contributed by atoms with van der Waals surface area (Å²) in [7, 11) is 1.50. The quantitative estimate of drug-likeness (QED) is 0.358. The lowest BCUT2D eigenvalue weighted by Gasteiger charge is -2.12. The molecule has 35 heavy (non-hydrogen) atoms. The highest BCUT2D eigenvalue weighted by Crippen LogP contribution is 2.56. The first-order valence-electron chi connectivity index (χ1n) is 10.5. The number of hydrogen-bond acceptors (Lipinski definition) is 8. The van der Waals surface area contributed by atoms with Gasteiger partial charge < -0.3 is 4.74 Å². The van der Waals surface area contributed by atoms with Gasteiger partial charge in [0, 0.05) is 29.4 Å². The van der Waals surface area contributed by atoms with E-state index in [1.54, 1.807) is 30.5 Å². The van der Waals surface area contributed by atoms with Crippen LogP contribution in [0.15, 0.2) is 48.9 Å². The summed E-state index contributed by atoms with van der Waals surface area (Å²) in [6.07, 6.45) is 5.27. The molecule has 1 saturated carbocycles. The number of halogens is 2. The summed E-state index contributed by atoms with van der Waals surface area (Å²) in [5, 5.41) is 21.3. The molecule has 8 nitrogen and oxygen atoms in total. The normalized spacial score (nSPS) is 16.4. The minimum absolute atomic E-state index is 0.0142. The molecule has 1 aliphatic carbocycles. The van der Waals surface area contributed by atoms with Gasteiger partial charge in [0.15, 0.2) is 0 Å². The second-order valence-corrected chi connectivity index (χ2v) is 9.22. The number of nitriles is 1. The molecule has 1 fully saturated rings. The Balaban J connectivity index is 1.34. The minimum atomic E-state index is -0.398. The van der Waals surface area contributed by atoms with Crippen LogP contribution in [0.5, 0.6) is 5.75 Å². The molecule has 11 heteroatoms. The van der Waals surface area contributed by atoms with Crippen LogP contribution in [-0.2, 0) is 0 Å². The van der Waals surface area contributed by atoms with E-state index >= 15 is 0 Å². The molecule has 4 aromatic rings. The van der Waals surface area contributed by atoms with Gasteiger partial charge in [0.05, 0.1) is 30.5 Å². The van der Waals surface area contributed by atoms with Crippen LogP contribution in [0.2, 0.25) is 5.15 Å². The van der Waals surface area contributed by atoms with Crippen molar-refractivity contribution in [3.8, 4) is 22.9 Å². The van der Waals surface area contributed by atoms with E-state index in [1.807, 2.05) is 6.07 Å². The van der Waals surface area contributed by atoms with Crippen LogP contribution in [0.1, 0.15) is 44.7 Å². The second kappa shape index (κ2) is 9.37. The standard InChI is InChI=1S/C24H16ClFN6O2S/c1-34-20-11-29-21(25)8-16(20)18-10-28-5-4-14(18)22(33)30-24-32-31-23(35-24)17-7-15(17)13-3-2-12(9-27)6-19(13)26/h2-6,8,10-11,15,17H,7H2,1H3,(H,30,32,33)/t15-,17?/m0/s1. The number of rotatable bonds is 6. The fourth-order valence-electron chi connectivity index (χ4n) is 3.91. The monoisotopic (exact) mass is 506 g/mol. The summed E-state index contributed by atoms with van der Waals surface area (Å²) in [5.41, 5.74) is 2.29. The lowest BCUT2D eigenvalue weighted by molar-refractivity contribution is 0.102. The molecule has 0 aliphatic heterocycles. The number of ether oxygens (including phenoxy) is 1. The van der Waals surface area contributed by atoms with Crippen LogP contribution in [0, 0.1) is 17.1 Å². The van der Waals surface area contributed by atoms with Crippen LogP contribution in [0.25, 0.3) is 11.1 Å². The minimum Gasteiger partial charge on any atom is -0.494 e. The first-order chi connectivity index (χ1) is 17.0. The number of amides is 1. The smallest absolute Gasteiger partial charge is 0.258 e. The number of methoxy groups -OCH3 is 1. The molecular weight excluding hydrogens is 491 g/mol. The summed E-state index contributed by atoms with van der Waals surface area (Å²) < 4.78 is 19.7. The predicted molar refractivity (Wildman–Crippen MR) is 128 cm³/mol. The summed E-state index contributed by atoms with van der Waals surface area (Å²) >= 11 is 7.31. The molecular formula is C24H16ClFN6O2S. The van der Waals surface area contributed by atoms with E-state index in [0.717, 1.165) is 6.42 Å². The van der Waals surface area contributed by atoms with Gasteiger partial charge in [-0.15, -0.1) is 10.2 Å². The van der Waals surface area contributed by atoms with E-state index < -0.39 is 11.7 Å². The molecule has 1 aliphatic rings. The predicted octanol–water partition coefficient (Wildman–Crippen LogP) is 5.19. The molecule has 0 saturated heterocycles. The van der Waals surface area contributed by atoms with Crippen LogP contribution >= 0.6 is 22.9 Å². The summed E-state index contributed by atoms with van der Waals surface area (Å²) in [6.45, 7) is 0. The third kappa shape index (κ3) is 4.56. The van der Waals surface area contributed by atoms with Gasteiger partial charge in [-0.1, -0.05) is 29.0 Å². The molecule has 1 unspecified atom stereocenters. The maximum absolute atomic E-state index is 14.4. The number of anilines is 1. The Morgan fingerprint density at radius 1 is 1.23 bits per heavy atom. The van der Waals surface area contributed by atoms with Gasteiger partial charge in [0.25, 0.3) is 5.91 Å². The van der Waals surface area contributed by atoms with Crippen molar-refractivity contribution in [2.45, 2.75) is 18.3 Å². The Morgan fingerprint density at radius 3 is 2.86 bits per heavy atom. The number of pyridine rings is 2. The molecule has 1 aromatic carbocycles. The highest BCUT2D eigenvalue weighted by molar-refractivity contribution is 7.15. The van der Waals surface area contributed by atoms with Crippen LogP contribution in [0.3, 0.4) is 0 Å². The number of carbonyl (C=O) groups excluding carboxylic acids is 1. The van der Waals surface area contributed by atoms with Gasteiger partial charge in [-0.3, -0.25) is 15.1 Å². The van der Waals surface area contributed by atoms with Crippen LogP contribution < -0.4 is 10.1 Å². The van der Waals surface area contributed by atoms with Gasteiger partial charge in [-0.2, -0.15) is 5.26 Å². The van der Waals surface area contributed by atoms with Crippen molar-refractivity contribution in [3.05, 3.63) is 81.6 Å². The zero-order valence-corrected chi connectivity index (χ0v) is 19.8. The lowest BCUT2D eigenvalue weighted by Crippen LogP contribution is -2.13. The maximum Gasteiger partial charge on any atom is 0.258 e. The molecule has 3 aromatic heterocycles. The zero-order valence-electron chi connectivity index (χ0n) is 18.2. The number of hydrogen-bond donors (Lipinski definition) is 1. The fraction of sp³-hybridized carbons (Fsp3) is 0.167. The first kappa shape index (κ1) is 22.8. The molecule has 174 valence electrons. The molecule has 0 radical (unpaired) electrons. The average Bonchev–Trinajstić information content (AvgIpc) is 3.53. The van der Waals surface area contributed by atoms with Crippen molar-refractivity contribution in [2.75, 3.05) is 12.4 Å². The van der Waals surface area contributed by atoms with Gasteiger partial charge in [0.1, 0.15) is 21.7 Å². The largest absolute Gasteiger partial charge is 0.494 e. The maximum atomic E-state index is 14.4. The van der Waals surface area contributed by atoms with E-state index in [2.05, 4.69) is 25.5 Å². The van der Waals surface area contributed by atoms with E-state index in [-0.39, 0.29) is 22.6 Å². The molecule has 0 bridgehead atoms. The zero-order chi connectivity index (χ0) is 24.5. The topological polar surface area (TPSA) is 114 Å². The van der Waals surface area contributed by atoms with E-state index in [4.69, 9.17) is 21.6 Å². The summed E-state index contributed by atoms with van der Waals surface area (Å²) in [6, 6.07) is 9.62. The molecule has 5 rings (SSSR count). The Kier molecular flexibility index (Phi) is 6.11. The third-order valence-corrected chi connectivity index (χ3v) is 6.88. The van der Waals surface area contributed by atoms with Crippen molar-refractivity contribution in [3.63, 3.8) is 0 Å². The second-order valence-electron chi connectivity index (χ2n) is 7.82. The van der Waals surface area contributed by atoms with E-state index in [9.17, 15) is 9.18 Å². The Hall–Kier alpha value is -3.94. The first-order valence-corrected chi connectivity index (χ1v) is 11.7. The molecule has 3 heterocycles. The Labute approximate surface area is 208 Å². The number of carbonyl (C=O) groups is 1. The fourth-order valence-corrected chi connectivity index (χ4v) is 4.98. The average molecular weight is 507 g/mol. The molecule has 2 atom stereocenters. The van der Waals surface area contributed by atoms with Crippen LogP contribution in [0.4, 0.5) is 9.52 Å². The van der Waals surface area contributed by atoms with Crippen molar-refractivity contribution in [2.24, 2.45) is 0 Å². The summed E-state index contributed by atoms with van der Waals surface area (Å²) in [5.74, 6) is -0.364. The van der Waals surface area contributed by atoms with Crippen molar-refractivity contribution in [1.82, 2.24) is 20.2 Å². The molecule has 1 N–H and O–H groups in total. The highest BCUT2D eigenvalue weighted by atomic mass is 35.5. The number of benzene rings is 1. The van der Waals surface area contributed by atoms with Crippen LogP contribution in [-0.4, -0.2) is 33.2 Å². The van der Waals surface area contributed by atoms with Crippen molar-refractivity contribution < 1.29 is 13.9 Å². The number of nitrogens with zero attached hydrogens (tertiary/aromatic N) is 5. The summed E-state index contributed by atoms with van der Waals surface area (Å²) in [4.78, 5) is 21.3. The Morgan fingerprint density at radius 2 is 2.09 bits per heavy atom. The van der Waals surface area contributed by atoms with Gasteiger partial charge in [-0.25, -0.2) is 9.37 Å². The van der Waals surface area contributed by atoms with E-state index in [1.165, 1.54) is 36.9 Å². The molecule has 0 spiro atoms. The highest BCUT2D eigenvalue weighted by Gasteiger charge is 2.43.